The fourth-order valence-electron chi connectivity index (χ4n) is 6.40. The number of nitrogens with two attached hydrogens (primary N) is 1. The Labute approximate surface area is 264 Å². The van der Waals surface area contributed by atoms with Gasteiger partial charge >= 0.3 is 5.69 Å². The van der Waals surface area contributed by atoms with E-state index >= 15 is 0 Å². The van der Waals surface area contributed by atoms with Gasteiger partial charge in [0.1, 0.15) is 34.5 Å². The molecule has 46 heavy (non-hydrogen) atoms. The van der Waals surface area contributed by atoms with Crippen molar-refractivity contribution in [2.75, 3.05) is 31.9 Å². The molecular formula is C34H35F2N7O3. The Morgan fingerprint density at radius 3 is 2.50 bits per heavy atom. The summed E-state index contributed by atoms with van der Waals surface area (Å²) >= 11 is 0. The number of rotatable bonds is 7. The summed E-state index contributed by atoms with van der Waals surface area (Å²) in [5.41, 5.74) is 6.56. The second-order valence-electron chi connectivity index (χ2n) is 12.4. The molecule has 6 rings (SSSR count). The van der Waals surface area contributed by atoms with Crippen LogP contribution in [0, 0.1) is 11.3 Å². The van der Waals surface area contributed by atoms with Gasteiger partial charge in [0, 0.05) is 37.8 Å². The molecule has 10 nitrogen and oxygen atoms in total. The summed E-state index contributed by atoms with van der Waals surface area (Å²) in [6.07, 6.45) is 3.98. The first-order valence-corrected chi connectivity index (χ1v) is 15.2. The van der Waals surface area contributed by atoms with Gasteiger partial charge in [-0.2, -0.15) is 5.26 Å². The molecule has 238 valence electrons. The molecule has 2 N–H and O–H groups in total. The van der Waals surface area contributed by atoms with Crippen LogP contribution < -0.4 is 16.2 Å². The van der Waals surface area contributed by atoms with Crippen molar-refractivity contribution in [3.05, 3.63) is 89.0 Å². The van der Waals surface area contributed by atoms with E-state index in [4.69, 9.17) is 10.5 Å². The number of alkyl halides is 2. The third-order valence-electron chi connectivity index (χ3n) is 8.77. The standard InChI is InChI=1S/C34H35F2N7O3/c1-33(2,41-18-15-34(35,36)22-41)19-23(20-37)31(44)40-17-6-7-25(21-40)42-28-14-16-39-30(38)29(28)43(32(42)45)24-10-12-27(13-11-24)46-26-8-4-3-5-9-26/h3-5,8-14,16,19,25H,6-7,15,17-18,21-22H2,1-2H3,(H2,38,39). The smallest absolute Gasteiger partial charge is 0.334 e. The van der Waals surface area contributed by atoms with Gasteiger partial charge in [-0.1, -0.05) is 18.2 Å². The molecule has 4 heterocycles. The van der Waals surface area contributed by atoms with Crippen molar-refractivity contribution in [2.24, 2.45) is 0 Å². The predicted molar refractivity (Wildman–Crippen MR) is 170 cm³/mol. The monoisotopic (exact) mass is 627 g/mol. The highest BCUT2D eigenvalue weighted by atomic mass is 19.3. The number of hydrogen-bond acceptors (Lipinski definition) is 7. The van der Waals surface area contributed by atoms with Crippen LogP contribution in [0.25, 0.3) is 16.7 Å². The summed E-state index contributed by atoms with van der Waals surface area (Å²) in [6.45, 7) is 3.78. The first-order valence-electron chi connectivity index (χ1n) is 15.2. The number of fused-ring (bicyclic) bond motifs is 1. The number of imidazole rings is 1. The molecule has 12 heteroatoms. The number of nitrogens with zero attached hydrogens (tertiary/aromatic N) is 6. The summed E-state index contributed by atoms with van der Waals surface area (Å²) in [5.74, 6) is -1.82. The Balaban J connectivity index is 1.29. The molecule has 4 aromatic rings. The number of pyridine rings is 1. The summed E-state index contributed by atoms with van der Waals surface area (Å²) in [7, 11) is 0. The van der Waals surface area contributed by atoms with E-state index in [2.05, 4.69) is 4.98 Å². The molecule has 0 radical (unpaired) electrons. The van der Waals surface area contributed by atoms with Crippen LogP contribution in [0.2, 0.25) is 0 Å². The zero-order valence-corrected chi connectivity index (χ0v) is 25.7. The third kappa shape index (κ3) is 5.98. The molecule has 2 aromatic carbocycles. The van der Waals surface area contributed by atoms with Crippen molar-refractivity contribution in [3.63, 3.8) is 0 Å². The molecule has 0 saturated carbocycles. The van der Waals surface area contributed by atoms with Crippen molar-refractivity contribution in [1.29, 1.82) is 5.26 Å². The lowest BCUT2D eigenvalue weighted by Crippen LogP contribution is -2.45. The highest BCUT2D eigenvalue weighted by Crippen LogP contribution is 2.34. The average molecular weight is 628 g/mol. The van der Waals surface area contributed by atoms with E-state index < -0.39 is 30.0 Å². The van der Waals surface area contributed by atoms with Gasteiger partial charge in [-0.25, -0.2) is 18.6 Å². The average Bonchev–Trinajstić information content (AvgIpc) is 3.57. The molecule has 2 fully saturated rings. The molecule has 0 bridgehead atoms. The fourth-order valence-corrected chi connectivity index (χ4v) is 6.40. The SMILES string of the molecule is CC(C)(C=C(C#N)C(=O)N1CCCC(n2c(=O)n(-c3ccc(Oc4ccccc4)cc3)c3c(N)nccc32)C1)N1CCC(F)(F)C1. The minimum Gasteiger partial charge on any atom is -0.457 e. The van der Waals surface area contributed by atoms with Crippen LogP contribution in [-0.2, 0) is 4.79 Å². The van der Waals surface area contributed by atoms with Gasteiger partial charge in [0.05, 0.1) is 23.8 Å². The van der Waals surface area contributed by atoms with E-state index in [0.29, 0.717) is 47.6 Å². The number of anilines is 1. The maximum Gasteiger partial charge on any atom is 0.334 e. The molecule has 2 saturated heterocycles. The van der Waals surface area contributed by atoms with E-state index in [9.17, 15) is 23.6 Å². The van der Waals surface area contributed by atoms with Gasteiger partial charge < -0.3 is 15.4 Å². The van der Waals surface area contributed by atoms with E-state index in [1.807, 2.05) is 36.4 Å². The lowest BCUT2D eigenvalue weighted by atomic mass is 9.98. The second-order valence-corrected chi connectivity index (χ2v) is 12.4. The van der Waals surface area contributed by atoms with E-state index in [1.54, 1.807) is 64.7 Å². The van der Waals surface area contributed by atoms with Crippen LogP contribution in [-0.4, -0.2) is 67.5 Å². The Hall–Kier alpha value is -5.02. The van der Waals surface area contributed by atoms with Crippen LogP contribution in [0.5, 0.6) is 11.5 Å². The summed E-state index contributed by atoms with van der Waals surface area (Å²) in [6, 6.07) is 19.8. The maximum absolute atomic E-state index is 14.1. The van der Waals surface area contributed by atoms with Crippen LogP contribution in [0.1, 0.15) is 39.2 Å². The van der Waals surface area contributed by atoms with Crippen LogP contribution in [0.15, 0.2) is 83.3 Å². The largest absolute Gasteiger partial charge is 0.457 e. The minimum atomic E-state index is -2.80. The molecule has 2 aliphatic rings. The Morgan fingerprint density at radius 2 is 1.83 bits per heavy atom. The number of para-hydroxylation sites is 1. The number of carbonyl (C=O) groups excluding carboxylic acids is 1. The Kier molecular flexibility index (Phi) is 8.12. The van der Waals surface area contributed by atoms with Crippen LogP contribution in [0.4, 0.5) is 14.6 Å². The molecule has 2 aliphatic heterocycles. The summed E-state index contributed by atoms with van der Waals surface area (Å²) < 4.78 is 36.9. The second kappa shape index (κ2) is 12.1. The first-order chi connectivity index (χ1) is 22.0. The number of piperidine rings is 1. The van der Waals surface area contributed by atoms with Gasteiger partial charge in [-0.05, 0) is 75.2 Å². The van der Waals surface area contributed by atoms with Crippen LogP contribution >= 0.6 is 0 Å². The number of nitriles is 1. The lowest BCUT2D eigenvalue weighted by Gasteiger charge is -2.35. The zero-order chi connectivity index (χ0) is 32.6. The van der Waals surface area contributed by atoms with Crippen molar-refractivity contribution < 1.29 is 18.3 Å². The number of aromatic nitrogens is 3. The fraction of sp³-hybridized carbons (Fsp3) is 0.353. The quantitative estimate of drug-likeness (QED) is 0.218. The Bertz CT molecular complexity index is 1890. The molecule has 1 amide bonds. The summed E-state index contributed by atoms with van der Waals surface area (Å²) in [5, 5.41) is 9.95. The highest BCUT2D eigenvalue weighted by Gasteiger charge is 2.43. The van der Waals surface area contributed by atoms with Gasteiger partial charge in [-0.3, -0.25) is 18.8 Å². The number of amides is 1. The molecular weight excluding hydrogens is 592 g/mol. The molecule has 1 unspecified atom stereocenters. The van der Waals surface area contributed by atoms with Gasteiger partial charge in [-0.15, -0.1) is 0 Å². The highest BCUT2D eigenvalue weighted by molar-refractivity contribution is 5.97. The number of benzene rings is 2. The van der Waals surface area contributed by atoms with Gasteiger partial charge in [0.15, 0.2) is 0 Å². The van der Waals surface area contributed by atoms with Gasteiger partial charge in [0.2, 0.25) is 0 Å². The van der Waals surface area contributed by atoms with Gasteiger partial charge in [0.25, 0.3) is 11.8 Å². The number of halogens is 2. The number of carbonyl (C=O) groups is 1. The molecule has 2 aromatic heterocycles. The van der Waals surface area contributed by atoms with E-state index in [1.165, 1.54) is 10.6 Å². The predicted octanol–water partition coefficient (Wildman–Crippen LogP) is 5.29. The van der Waals surface area contributed by atoms with Crippen molar-refractivity contribution in [2.45, 2.75) is 50.6 Å². The third-order valence-corrected chi connectivity index (χ3v) is 8.77. The lowest BCUT2D eigenvalue weighted by molar-refractivity contribution is -0.128. The minimum absolute atomic E-state index is 0.109. The van der Waals surface area contributed by atoms with Crippen molar-refractivity contribution >= 4 is 22.8 Å². The topological polar surface area (TPSA) is 122 Å². The number of ether oxygens (including phenoxy) is 1. The Morgan fingerprint density at radius 1 is 1.11 bits per heavy atom. The first kappa shape index (κ1) is 31.0. The zero-order valence-electron chi connectivity index (χ0n) is 25.7. The molecule has 0 spiro atoms. The van der Waals surface area contributed by atoms with Crippen LogP contribution in [0.3, 0.4) is 0 Å². The normalized spacial score (nSPS) is 18.9. The van der Waals surface area contributed by atoms with Crippen molar-refractivity contribution in [3.8, 4) is 23.3 Å². The van der Waals surface area contributed by atoms with E-state index in [-0.39, 0.29) is 36.6 Å². The van der Waals surface area contributed by atoms with E-state index in [0.717, 1.165) is 0 Å². The molecule has 1 atom stereocenters. The van der Waals surface area contributed by atoms with Crippen molar-refractivity contribution in [1.82, 2.24) is 23.9 Å². The maximum atomic E-state index is 14.1. The summed E-state index contributed by atoms with van der Waals surface area (Å²) in [4.78, 5) is 35.2. The number of hydrogen-bond donors (Lipinski definition) is 1. The number of likely N-dealkylation sites (tertiary alicyclic amines) is 2. The number of nitrogen functional groups attached to an aromatic ring is 1. The molecule has 0 aliphatic carbocycles.